The first-order chi connectivity index (χ1) is 8.58. The van der Waals surface area contributed by atoms with Crippen LogP contribution in [0.25, 0.3) is 0 Å². The van der Waals surface area contributed by atoms with Gasteiger partial charge in [0.2, 0.25) is 0 Å². The third-order valence-corrected chi connectivity index (χ3v) is 3.46. The molecule has 1 heterocycles. The van der Waals surface area contributed by atoms with E-state index in [1.54, 1.807) is 6.07 Å². The Balaban J connectivity index is 2.21. The maximum atomic E-state index is 9.34. The first kappa shape index (κ1) is 13.4. The zero-order valence-corrected chi connectivity index (χ0v) is 10.7. The zero-order valence-electron chi connectivity index (χ0n) is 10.7. The summed E-state index contributed by atoms with van der Waals surface area (Å²) < 4.78 is 0. The number of hydrogen-bond acceptors (Lipinski definition) is 5. The highest BCUT2D eigenvalue weighted by Gasteiger charge is 2.18. The third-order valence-electron chi connectivity index (χ3n) is 3.46. The number of hydrogen-bond donors (Lipinski definition) is 4. The van der Waals surface area contributed by atoms with Gasteiger partial charge in [-0.15, -0.1) is 0 Å². The monoisotopic (exact) mass is 249 g/mol. The van der Waals surface area contributed by atoms with Crippen LogP contribution in [0.2, 0.25) is 0 Å². The molecule has 0 bridgehead atoms. The fraction of sp³-hybridized carbons (Fsp3) is 0.500. The van der Waals surface area contributed by atoms with E-state index in [0.29, 0.717) is 11.2 Å². The largest absolute Gasteiger partial charge is 0.488 e. The lowest BCUT2D eigenvalue weighted by Crippen LogP contribution is -2.43. The summed E-state index contributed by atoms with van der Waals surface area (Å²) in [6.45, 7) is 6.72. The fourth-order valence-electron chi connectivity index (χ4n) is 2.37. The Hall–Kier alpha value is -1.08. The number of nitrogen functional groups attached to an aromatic ring is 1. The first-order valence-corrected chi connectivity index (χ1v) is 6.26. The van der Waals surface area contributed by atoms with Crippen LogP contribution in [0.5, 0.6) is 0 Å². The van der Waals surface area contributed by atoms with E-state index < -0.39 is 7.12 Å². The minimum Gasteiger partial charge on any atom is -0.423 e. The number of nitrogens with one attached hydrogen (secondary N) is 1. The number of benzene rings is 1. The molecule has 1 fully saturated rings. The predicted molar refractivity (Wildman–Crippen MR) is 73.6 cm³/mol. The molecule has 98 valence electrons. The van der Waals surface area contributed by atoms with Crippen LogP contribution < -0.4 is 16.5 Å². The van der Waals surface area contributed by atoms with Crippen molar-refractivity contribution in [1.29, 1.82) is 0 Å². The molecular weight excluding hydrogens is 229 g/mol. The Bertz CT molecular complexity index is 420. The van der Waals surface area contributed by atoms with E-state index in [0.717, 1.165) is 43.9 Å². The van der Waals surface area contributed by atoms with E-state index in [4.69, 9.17) is 5.73 Å². The fourth-order valence-corrected chi connectivity index (χ4v) is 2.37. The molecule has 1 saturated heterocycles. The van der Waals surface area contributed by atoms with Gasteiger partial charge >= 0.3 is 7.12 Å². The van der Waals surface area contributed by atoms with Gasteiger partial charge in [-0.2, -0.15) is 0 Å². The zero-order chi connectivity index (χ0) is 13.1. The molecule has 0 spiro atoms. The normalized spacial score (nSPS) is 16.8. The van der Waals surface area contributed by atoms with Crippen LogP contribution in [-0.4, -0.2) is 48.2 Å². The van der Waals surface area contributed by atoms with Crippen LogP contribution in [0.4, 0.5) is 5.69 Å². The summed E-state index contributed by atoms with van der Waals surface area (Å²) in [5.74, 6) is 0. The van der Waals surface area contributed by atoms with Crippen molar-refractivity contribution in [2.75, 3.05) is 31.9 Å². The standard InChI is InChI=1S/C12H20BN3O2/c1-9-10(8-16-4-2-15-3-5-16)6-11(14)7-12(9)13(17)18/h6-7,15,17-18H,2-5,8,14H2,1H3. The minimum atomic E-state index is -1.46. The van der Waals surface area contributed by atoms with Crippen molar-refractivity contribution >= 4 is 18.3 Å². The summed E-state index contributed by atoms with van der Waals surface area (Å²) in [6, 6.07) is 3.55. The number of piperazine rings is 1. The lowest BCUT2D eigenvalue weighted by atomic mass is 9.75. The van der Waals surface area contributed by atoms with Crippen LogP contribution in [0.3, 0.4) is 0 Å². The van der Waals surface area contributed by atoms with Crippen LogP contribution in [0.15, 0.2) is 12.1 Å². The topological polar surface area (TPSA) is 81.8 Å². The van der Waals surface area contributed by atoms with Gasteiger partial charge in [0, 0.05) is 38.4 Å². The maximum absolute atomic E-state index is 9.34. The molecule has 1 aliphatic heterocycles. The highest BCUT2D eigenvalue weighted by atomic mass is 16.4. The Kier molecular flexibility index (Phi) is 4.24. The van der Waals surface area contributed by atoms with Gasteiger partial charge in [0.05, 0.1) is 0 Å². The van der Waals surface area contributed by atoms with Gasteiger partial charge in [-0.3, -0.25) is 4.90 Å². The lowest BCUT2D eigenvalue weighted by molar-refractivity contribution is 0.233. The number of anilines is 1. The number of rotatable bonds is 3. The molecule has 0 aromatic heterocycles. The van der Waals surface area contributed by atoms with Crippen molar-refractivity contribution in [3.8, 4) is 0 Å². The summed E-state index contributed by atoms with van der Waals surface area (Å²) in [7, 11) is -1.46. The molecule has 0 radical (unpaired) electrons. The van der Waals surface area contributed by atoms with E-state index in [9.17, 15) is 10.0 Å². The van der Waals surface area contributed by atoms with Crippen molar-refractivity contribution in [2.24, 2.45) is 0 Å². The summed E-state index contributed by atoms with van der Waals surface area (Å²) in [6.07, 6.45) is 0. The summed E-state index contributed by atoms with van der Waals surface area (Å²) >= 11 is 0. The molecule has 0 unspecified atom stereocenters. The van der Waals surface area contributed by atoms with Crippen molar-refractivity contribution in [2.45, 2.75) is 13.5 Å². The number of nitrogens with zero attached hydrogens (tertiary/aromatic N) is 1. The number of nitrogens with two attached hydrogens (primary N) is 1. The molecule has 1 aliphatic rings. The first-order valence-electron chi connectivity index (χ1n) is 6.26. The van der Waals surface area contributed by atoms with Gasteiger partial charge in [-0.1, -0.05) is 0 Å². The van der Waals surface area contributed by atoms with Gasteiger partial charge < -0.3 is 21.1 Å². The van der Waals surface area contributed by atoms with Gasteiger partial charge in [0.1, 0.15) is 0 Å². The Labute approximate surface area is 108 Å². The summed E-state index contributed by atoms with van der Waals surface area (Å²) in [5, 5.41) is 22.0. The highest BCUT2D eigenvalue weighted by Crippen LogP contribution is 2.14. The Morgan fingerprint density at radius 1 is 1.33 bits per heavy atom. The molecule has 5 N–H and O–H groups in total. The second-order valence-electron chi connectivity index (χ2n) is 4.79. The smallest absolute Gasteiger partial charge is 0.423 e. The second kappa shape index (κ2) is 5.71. The maximum Gasteiger partial charge on any atom is 0.488 e. The average Bonchev–Trinajstić information content (AvgIpc) is 2.34. The Morgan fingerprint density at radius 2 is 2.00 bits per heavy atom. The molecule has 0 aliphatic carbocycles. The molecule has 2 rings (SSSR count). The minimum absolute atomic E-state index is 0.500. The van der Waals surface area contributed by atoms with Crippen LogP contribution >= 0.6 is 0 Å². The van der Waals surface area contributed by atoms with Crippen molar-refractivity contribution in [3.05, 3.63) is 23.3 Å². The van der Waals surface area contributed by atoms with Crippen LogP contribution in [0.1, 0.15) is 11.1 Å². The molecule has 5 nitrogen and oxygen atoms in total. The summed E-state index contributed by atoms with van der Waals surface area (Å²) in [5.41, 5.74) is 8.88. The van der Waals surface area contributed by atoms with Gasteiger partial charge in [-0.05, 0) is 35.6 Å². The molecule has 0 atom stereocenters. The second-order valence-corrected chi connectivity index (χ2v) is 4.79. The van der Waals surface area contributed by atoms with Crippen molar-refractivity contribution in [3.63, 3.8) is 0 Å². The molecule has 6 heteroatoms. The highest BCUT2D eigenvalue weighted by molar-refractivity contribution is 6.59. The molecule has 1 aromatic rings. The lowest BCUT2D eigenvalue weighted by Gasteiger charge is -2.28. The molecule has 18 heavy (non-hydrogen) atoms. The van der Waals surface area contributed by atoms with Crippen LogP contribution in [-0.2, 0) is 6.54 Å². The third kappa shape index (κ3) is 3.03. The predicted octanol–water partition coefficient (Wildman–Crippen LogP) is -1.34. The molecule has 1 aromatic carbocycles. The van der Waals surface area contributed by atoms with E-state index in [1.807, 2.05) is 13.0 Å². The van der Waals surface area contributed by atoms with Gasteiger partial charge in [0.25, 0.3) is 0 Å². The summed E-state index contributed by atoms with van der Waals surface area (Å²) in [4.78, 5) is 2.34. The van der Waals surface area contributed by atoms with Crippen LogP contribution in [0, 0.1) is 6.92 Å². The van der Waals surface area contributed by atoms with Gasteiger partial charge in [-0.25, -0.2) is 0 Å². The average molecular weight is 249 g/mol. The quantitative estimate of drug-likeness (QED) is 0.394. The SMILES string of the molecule is Cc1c(CN2CCNCC2)cc(N)cc1B(O)O. The van der Waals surface area contributed by atoms with E-state index in [-0.39, 0.29) is 0 Å². The van der Waals surface area contributed by atoms with Gasteiger partial charge in [0.15, 0.2) is 0 Å². The van der Waals surface area contributed by atoms with E-state index in [1.165, 1.54) is 0 Å². The van der Waals surface area contributed by atoms with Crippen molar-refractivity contribution in [1.82, 2.24) is 10.2 Å². The molecule has 0 amide bonds. The van der Waals surface area contributed by atoms with E-state index in [2.05, 4.69) is 10.2 Å². The molecular formula is C12H20BN3O2. The van der Waals surface area contributed by atoms with Crippen molar-refractivity contribution < 1.29 is 10.0 Å². The van der Waals surface area contributed by atoms with E-state index >= 15 is 0 Å². The Morgan fingerprint density at radius 3 is 2.61 bits per heavy atom. The molecule has 0 saturated carbocycles.